The Kier molecular flexibility index (Phi) is 6.04. The Morgan fingerprint density at radius 3 is 1.90 bits per heavy atom. The van der Waals surface area contributed by atoms with Crippen molar-refractivity contribution >= 4 is 44.7 Å². The molecule has 0 aliphatic rings. The number of halogens is 1. The summed E-state index contributed by atoms with van der Waals surface area (Å²) >= 11 is 5.21. The monoisotopic (exact) mass is 431 g/mol. The number of sulfonamides is 1. The molecule has 3 N–H and O–H groups in total. The fraction of sp³-hybridized carbons (Fsp3) is 0.105. The summed E-state index contributed by atoms with van der Waals surface area (Å²) in [6, 6.07) is 13.5. The van der Waals surface area contributed by atoms with Crippen molar-refractivity contribution in [3.63, 3.8) is 0 Å². The van der Waals surface area contributed by atoms with Crippen LogP contribution in [0.5, 0.6) is 0 Å². The van der Waals surface area contributed by atoms with Gasteiger partial charge in [-0.1, -0.05) is 0 Å². The predicted molar refractivity (Wildman–Crippen MR) is 115 cm³/mol. The summed E-state index contributed by atoms with van der Waals surface area (Å²) in [6.07, 6.45) is 0. The molecule has 0 radical (unpaired) electrons. The maximum absolute atomic E-state index is 12.9. The molecule has 0 spiro atoms. The first-order chi connectivity index (χ1) is 13.7. The quantitative estimate of drug-likeness (QED) is 0.528. The average molecular weight is 432 g/mol. The van der Waals surface area contributed by atoms with E-state index in [1.54, 1.807) is 44.2 Å². The molecule has 7 nitrogen and oxygen atoms in total. The molecule has 3 rings (SSSR count). The molecule has 2 aromatic carbocycles. The lowest BCUT2D eigenvalue weighted by atomic mass is 10.3. The van der Waals surface area contributed by atoms with E-state index in [0.717, 1.165) is 0 Å². The van der Waals surface area contributed by atoms with Gasteiger partial charge < -0.3 is 10.6 Å². The number of nitrogens with zero attached hydrogens (tertiary/aromatic N) is 2. The minimum Gasteiger partial charge on any atom is -0.332 e. The van der Waals surface area contributed by atoms with Gasteiger partial charge in [-0.05, 0) is 80.7 Å². The van der Waals surface area contributed by atoms with E-state index in [1.807, 2.05) is 0 Å². The Bertz CT molecular complexity index is 1110. The van der Waals surface area contributed by atoms with Crippen LogP contribution in [0.15, 0.2) is 59.5 Å². The van der Waals surface area contributed by atoms with Crippen molar-refractivity contribution in [3.8, 4) is 0 Å². The van der Waals surface area contributed by atoms with Gasteiger partial charge >= 0.3 is 0 Å². The molecule has 0 aliphatic carbocycles. The lowest BCUT2D eigenvalue weighted by Crippen LogP contribution is -2.19. The second-order valence-electron chi connectivity index (χ2n) is 6.19. The van der Waals surface area contributed by atoms with Gasteiger partial charge in [-0.2, -0.15) is 0 Å². The molecular weight excluding hydrogens is 413 g/mol. The van der Waals surface area contributed by atoms with E-state index < -0.39 is 10.0 Å². The lowest BCUT2D eigenvalue weighted by molar-refractivity contribution is 0.600. The Morgan fingerprint density at radius 2 is 1.38 bits per heavy atom. The third-order valence-electron chi connectivity index (χ3n) is 3.73. The van der Waals surface area contributed by atoms with Crippen LogP contribution in [-0.2, 0) is 10.0 Å². The van der Waals surface area contributed by atoms with Crippen LogP contribution in [0.1, 0.15) is 11.4 Å². The van der Waals surface area contributed by atoms with Crippen LogP contribution in [-0.4, -0.2) is 23.5 Å². The van der Waals surface area contributed by atoms with Gasteiger partial charge in [-0.25, -0.2) is 27.5 Å². The first kappa shape index (κ1) is 20.6. The first-order valence-electron chi connectivity index (χ1n) is 8.50. The van der Waals surface area contributed by atoms with Gasteiger partial charge in [0.2, 0.25) is 5.95 Å². The molecule has 0 fully saturated rings. The van der Waals surface area contributed by atoms with E-state index in [9.17, 15) is 12.8 Å². The minimum atomic E-state index is -3.83. The number of rotatable bonds is 5. The summed E-state index contributed by atoms with van der Waals surface area (Å²) in [4.78, 5) is 8.23. The highest BCUT2D eigenvalue weighted by atomic mass is 32.2. The topological polar surface area (TPSA) is 96.0 Å². The highest BCUT2D eigenvalue weighted by Crippen LogP contribution is 2.17. The standard InChI is InChI=1S/C19H18FN5O2S2/c1-12-11-13(2)22-18(21-12)25-29(26,27)17-9-7-16(8-10-17)24-19(28)23-15-5-3-14(20)4-6-15/h3-11H,1-2H3,(H,21,22,25)(H2,23,24,28). The summed E-state index contributed by atoms with van der Waals surface area (Å²) in [5.74, 6) is -0.319. The second-order valence-corrected chi connectivity index (χ2v) is 8.28. The van der Waals surface area contributed by atoms with Crippen LogP contribution in [0.25, 0.3) is 0 Å². The van der Waals surface area contributed by atoms with Gasteiger partial charge in [0.05, 0.1) is 4.90 Å². The Morgan fingerprint density at radius 1 is 0.897 bits per heavy atom. The van der Waals surface area contributed by atoms with Crippen LogP contribution in [0.4, 0.5) is 21.7 Å². The number of hydrogen-bond donors (Lipinski definition) is 3. The molecule has 1 aromatic heterocycles. The van der Waals surface area contributed by atoms with Gasteiger partial charge in [-0.15, -0.1) is 0 Å². The number of hydrogen-bond acceptors (Lipinski definition) is 5. The maximum atomic E-state index is 12.9. The molecule has 0 aliphatic heterocycles. The van der Waals surface area contributed by atoms with Crippen LogP contribution in [0.3, 0.4) is 0 Å². The lowest BCUT2D eigenvalue weighted by Gasteiger charge is -2.12. The fourth-order valence-corrected chi connectivity index (χ4v) is 3.67. The number of aryl methyl sites for hydroxylation is 2. The van der Waals surface area contributed by atoms with E-state index in [-0.39, 0.29) is 21.8 Å². The highest BCUT2D eigenvalue weighted by Gasteiger charge is 2.16. The minimum absolute atomic E-state index is 0.0226. The summed E-state index contributed by atoms with van der Waals surface area (Å²) in [6.45, 7) is 3.52. The summed E-state index contributed by atoms with van der Waals surface area (Å²) in [5.41, 5.74) is 2.54. The van der Waals surface area contributed by atoms with Crippen molar-refractivity contribution in [2.45, 2.75) is 18.7 Å². The molecule has 29 heavy (non-hydrogen) atoms. The molecule has 0 saturated carbocycles. The molecule has 0 unspecified atom stereocenters. The van der Waals surface area contributed by atoms with Gasteiger partial charge in [0.25, 0.3) is 10.0 Å². The van der Waals surface area contributed by atoms with Crippen molar-refractivity contribution in [2.75, 3.05) is 15.4 Å². The normalized spacial score (nSPS) is 11.0. The Balaban J connectivity index is 1.67. The zero-order valence-corrected chi connectivity index (χ0v) is 17.2. The Labute approximate surface area is 173 Å². The highest BCUT2D eigenvalue weighted by molar-refractivity contribution is 7.92. The molecule has 10 heteroatoms. The van der Waals surface area contributed by atoms with E-state index in [2.05, 4.69) is 25.3 Å². The zero-order valence-electron chi connectivity index (χ0n) is 15.6. The molecular formula is C19H18FN5O2S2. The molecule has 0 saturated heterocycles. The van der Waals surface area contributed by atoms with E-state index in [1.165, 1.54) is 24.3 Å². The van der Waals surface area contributed by atoms with Gasteiger partial charge in [0.15, 0.2) is 5.11 Å². The Hall–Kier alpha value is -3.11. The van der Waals surface area contributed by atoms with Gasteiger partial charge in [0, 0.05) is 22.8 Å². The van der Waals surface area contributed by atoms with Crippen molar-refractivity contribution in [1.29, 1.82) is 0 Å². The van der Waals surface area contributed by atoms with Crippen LogP contribution in [0, 0.1) is 19.7 Å². The summed E-state index contributed by atoms with van der Waals surface area (Å²) < 4.78 is 40.4. The fourth-order valence-electron chi connectivity index (χ4n) is 2.49. The van der Waals surface area contributed by atoms with Crippen LogP contribution >= 0.6 is 12.2 Å². The molecule has 1 heterocycles. The van der Waals surface area contributed by atoms with Crippen LogP contribution < -0.4 is 15.4 Å². The SMILES string of the molecule is Cc1cc(C)nc(NS(=O)(=O)c2ccc(NC(=S)Nc3ccc(F)cc3)cc2)n1. The smallest absolute Gasteiger partial charge is 0.264 e. The van der Waals surface area contributed by atoms with Crippen molar-refractivity contribution in [3.05, 3.63) is 71.8 Å². The van der Waals surface area contributed by atoms with E-state index >= 15 is 0 Å². The second kappa shape index (κ2) is 8.50. The van der Waals surface area contributed by atoms with E-state index in [0.29, 0.717) is 22.8 Å². The number of benzene rings is 2. The van der Waals surface area contributed by atoms with Crippen molar-refractivity contribution in [2.24, 2.45) is 0 Å². The van der Waals surface area contributed by atoms with Crippen molar-refractivity contribution in [1.82, 2.24) is 9.97 Å². The largest absolute Gasteiger partial charge is 0.332 e. The summed E-state index contributed by atoms with van der Waals surface area (Å²) in [5, 5.41) is 6.13. The molecule has 150 valence electrons. The molecule has 0 atom stereocenters. The average Bonchev–Trinajstić information content (AvgIpc) is 2.63. The third kappa shape index (κ3) is 5.69. The molecule has 3 aromatic rings. The zero-order chi connectivity index (χ0) is 21.0. The molecule has 0 amide bonds. The van der Waals surface area contributed by atoms with Crippen molar-refractivity contribution < 1.29 is 12.8 Å². The van der Waals surface area contributed by atoms with Crippen LogP contribution in [0.2, 0.25) is 0 Å². The third-order valence-corrected chi connectivity index (χ3v) is 5.28. The number of aromatic nitrogens is 2. The van der Waals surface area contributed by atoms with E-state index in [4.69, 9.17) is 12.2 Å². The number of anilines is 3. The predicted octanol–water partition coefficient (Wildman–Crippen LogP) is 3.84. The number of thiocarbonyl (C=S) groups is 1. The molecule has 0 bridgehead atoms. The van der Waals surface area contributed by atoms with Gasteiger partial charge in [0.1, 0.15) is 5.82 Å². The summed E-state index contributed by atoms with van der Waals surface area (Å²) in [7, 11) is -3.83. The van der Waals surface area contributed by atoms with Gasteiger partial charge in [-0.3, -0.25) is 0 Å². The maximum Gasteiger partial charge on any atom is 0.264 e. The first-order valence-corrected chi connectivity index (χ1v) is 10.4. The number of nitrogens with one attached hydrogen (secondary N) is 3.